The Balaban J connectivity index is 2.23. The van der Waals surface area contributed by atoms with Crippen molar-refractivity contribution in [3.8, 4) is 10.6 Å². The van der Waals surface area contributed by atoms with E-state index in [1.807, 2.05) is 19.1 Å². The standard InChI is InChI=1S/C15H18N2O2S/c1-3-11-4-6-12(7-5-11)15-17-10(2)13(20-15)14(19)16-8-9-18/h4-7,18H,3,8-9H2,1-2H3,(H,16,19). The number of aliphatic hydroxyl groups excluding tert-OH is 1. The predicted octanol–water partition coefficient (Wildman–Crippen LogP) is 2.40. The van der Waals surface area contributed by atoms with Gasteiger partial charge in [-0.25, -0.2) is 4.98 Å². The van der Waals surface area contributed by atoms with Crippen molar-refractivity contribution in [2.75, 3.05) is 13.2 Å². The van der Waals surface area contributed by atoms with Crippen molar-refractivity contribution in [2.45, 2.75) is 20.3 Å². The minimum atomic E-state index is -0.175. The van der Waals surface area contributed by atoms with Crippen LogP contribution in [0.5, 0.6) is 0 Å². The van der Waals surface area contributed by atoms with Crippen LogP contribution in [0.4, 0.5) is 0 Å². The van der Waals surface area contributed by atoms with Gasteiger partial charge >= 0.3 is 0 Å². The zero-order valence-electron chi connectivity index (χ0n) is 11.6. The highest BCUT2D eigenvalue weighted by Gasteiger charge is 2.15. The van der Waals surface area contributed by atoms with Crippen LogP contribution in [0.3, 0.4) is 0 Å². The highest BCUT2D eigenvalue weighted by atomic mass is 32.1. The van der Waals surface area contributed by atoms with E-state index in [2.05, 4.69) is 29.4 Å². The number of carbonyl (C=O) groups is 1. The van der Waals surface area contributed by atoms with Crippen LogP contribution in [0, 0.1) is 6.92 Å². The molecular formula is C15H18N2O2S. The average molecular weight is 290 g/mol. The monoisotopic (exact) mass is 290 g/mol. The molecule has 0 atom stereocenters. The first-order chi connectivity index (χ1) is 9.65. The summed E-state index contributed by atoms with van der Waals surface area (Å²) in [6.07, 6.45) is 1.01. The van der Waals surface area contributed by atoms with E-state index in [-0.39, 0.29) is 19.1 Å². The van der Waals surface area contributed by atoms with Crippen molar-refractivity contribution in [1.29, 1.82) is 0 Å². The molecule has 5 heteroatoms. The molecule has 0 unspecified atom stereocenters. The summed E-state index contributed by atoms with van der Waals surface area (Å²) in [6.45, 7) is 4.14. The third kappa shape index (κ3) is 3.23. The number of aromatic nitrogens is 1. The minimum absolute atomic E-state index is 0.0606. The summed E-state index contributed by atoms with van der Waals surface area (Å²) in [6, 6.07) is 8.23. The Morgan fingerprint density at radius 1 is 1.35 bits per heavy atom. The van der Waals surface area contributed by atoms with Gasteiger partial charge in [-0.2, -0.15) is 0 Å². The van der Waals surface area contributed by atoms with E-state index < -0.39 is 0 Å². The summed E-state index contributed by atoms with van der Waals surface area (Å²) in [4.78, 5) is 17.0. The molecule has 0 aliphatic heterocycles. The number of nitrogens with one attached hydrogen (secondary N) is 1. The molecule has 0 aliphatic carbocycles. The molecule has 1 aromatic carbocycles. The van der Waals surface area contributed by atoms with Crippen LogP contribution in [0.2, 0.25) is 0 Å². The van der Waals surface area contributed by atoms with E-state index in [4.69, 9.17) is 5.11 Å². The molecule has 1 amide bonds. The molecule has 4 nitrogen and oxygen atoms in total. The Morgan fingerprint density at radius 2 is 2.05 bits per heavy atom. The summed E-state index contributed by atoms with van der Waals surface area (Å²) in [5, 5.41) is 12.2. The molecule has 0 aliphatic rings. The quantitative estimate of drug-likeness (QED) is 0.889. The molecule has 0 saturated carbocycles. The molecule has 0 fully saturated rings. The van der Waals surface area contributed by atoms with Gasteiger partial charge in [-0.3, -0.25) is 4.79 Å². The second-order valence-corrected chi connectivity index (χ2v) is 5.46. The van der Waals surface area contributed by atoms with Crippen LogP contribution < -0.4 is 5.32 Å². The van der Waals surface area contributed by atoms with E-state index >= 15 is 0 Å². The normalized spacial score (nSPS) is 10.6. The highest BCUT2D eigenvalue weighted by Crippen LogP contribution is 2.28. The van der Waals surface area contributed by atoms with Crippen LogP contribution in [0.1, 0.15) is 27.9 Å². The fraction of sp³-hybridized carbons (Fsp3) is 0.333. The number of benzene rings is 1. The third-order valence-corrected chi connectivity index (χ3v) is 4.21. The Hall–Kier alpha value is -1.72. The Morgan fingerprint density at radius 3 is 2.65 bits per heavy atom. The van der Waals surface area contributed by atoms with Crippen LogP contribution in [0.15, 0.2) is 24.3 Å². The topological polar surface area (TPSA) is 62.2 Å². The highest BCUT2D eigenvalue weighted by molar-refractivity contribution is 7.17. The van der Waals surface area contributed by atoms with Crippen LogP contribution in [-0.2, 0) is 6.42 Å². The number of hydrogen-bond acceptors (Lipinski definition) is 4. The molecule has 0 spiro atoms. The molecule has 0 saturated heterocycles. The largest absolute Gasteiger partial charge is 0.395 e. The maximum absolute atomic E-state index is 11.9. The number of thiazole rings is 1. The number of amides is 1. The fourth-order valence-corrected chi connectivity index (χ4v) is 2.85. The molecule has 2 aromatic rings. The van der Waals surface area contributed by atoms with E-state index in [0.29, 0.717) is 4.88 Å². The lowest BCUT2D eigenvalue weighted by Gasteiger charge is -2.00. The van der Waals surface area contributed by atoms with Gasteiger partial charge in [0.05, 0.1) is 12.3 Å². The van der Waals surface area contributed by atoms with Gasteiger partial charge in [0.2, 0.25) is 0 Å². The van der Waals surface area contributed by atoms with E-state index in [1.165, 1.54) is 16.9 Å². The van der Waals surface area contributed by atoms with Gasteiger partial charge in [-0.05, 0) is 18.9 Å². The molecule has 2 N–H and O–H groups in total. The molecule has 0 bridgehead atoms. The van der Waals surface area contributed by atoms with Gasteiger partial charge in [-0.1, -0.05) is 31.2 Å². The molecule has 1 heterocycles. The number of aliphatic hydroxyl groups is 1. The molecule has 1 aromatic heterocycles. The summed E-state index contributed by atoms with van der Waals surface area (Å²) >= 11 is 1.38. The lowest BCUT2D eigenvalue weighted by atomic mass is 10.1. The first-order valence-corrected chi connectivity index (χ1v) is 7.43. The Labute approximate surface area is 122 Å². The number of carbonyl (C=O) groups excluding carboxylic acids is 1. The van der Waals surface area contributed by atoms with Crippen molar-refractivity contribution >= 4 is 17.2 Å². The van der Waals surface area contributed by atoms with E-state index in [9.17, 15) is 4.79 Å². The number of hydrogen-bond donors (Lipinski definition) is 2. The summed E-state index contributed by atoms with van der Waals surface area (Å²) < 4.78 is 0. The number of nitrogens with zero attached hydrogens (tertiary/aromatic N) is 1. The molecule has 2 rings (SSSR count). The van der Waals surface area contributed by atoms with Gasteiger partial charge in [0.25, 0.3) is 5.91 Å². The lowest BCUT2D eigenvalue weighted by Crippen LogP contribution is -2.26. The molecule has 20 heavy (non-hydrogen) atoms. The van der Waals surface area contributed by atoms with Gasteiger partial charge < -0.3 is 10.4 Å². The Kier molecular flexibility index (Phi) is 4.87. The van der Waals surface area contributed by atoms with Gasteiger partial charge in [0, 0.05) is 12.1 Å². The second-order valence-electron chi connectivity index (χ2n) is 4.46. The predicted molar refractivity (Wildman–Crippen MR) is 81.1 cm³/mol. The molecule has 0 radical (unpaired) electrons. The van der Waals surface area contributed by atoms with Crippen molar-refractivity contribution in [3.05, 3.63) is 40.4 Å². The Bertz CT molecular complexity index is 590. The molecule has 106 valence electrons. The zero-order chi connectivity index (χ0) is 14.5. The molecular weight excluding hydrogens is 272 g/mol. The average Bonchev–Trinajstić information content (AvgIpc) is 2.87. The number of rotatable bonds is 5. The van der Waals surface area contributed by atoms with E-state index in [0.717, 1.165) is 22.7 Å². The van der Waals surface area contributed by atoms with Gasteiger partial charge in [0.1, 0.15) is 9.88 Å². The van der Waals surface area contributed by atoms with Crippen LogP contribution >= 0.6 is 11.3 Å². The maximum atomic E-state index is 11.9. The SMILES string of the molecule is CCc1ccc(-c2nc(C)c(C(=O)NCCO)s2)cc1. The summed E-state index contributed by atoms with van der Waals surface area (Å²) in [5.74, 6) is -0.175. The lowest BCUT2D eigenvalue weighted by molar-refractivity contribution is 0.0948. The maximum Gasteiger partial charge on any atom is 0.263 e. The smallest absolute Gasteiger partial charge is 0.263 e. The fourth-order valence-electron chi connectivity index (χ4n) is 1.86. The second kappa shape index (κ2) is 6.63. The summed E-state index contributed by atoms with van der Waals surface area (Å²) in [5.41, 5.74) is 3.03. The minimum Gasteiger partial charge on any atom is -0.395 e. The zero-order valence-corrected chi connectivity index (χ0v) is 12.5. The first kappa shape index (κ1) is 14.7. The van der Waals surface area contributed by atoms with Crippen LogP contribution in [0.25, 0.3) is 10.6 Å². The van der Waals surface area contributed by atoms with Crippen molar-refractivity contribution in [1.82, 2.24) is 10.3 Å². The first-order valence-electron chi connectivity index (χ1n) is 6.61. The summed E-state index contributed by atoms with van der Waals surface area (Å²) in [7, 11) is 0. The third-order valence-electron chi connectivity index (χ3n) is 3.01. The number of aryl methyl sites for hydroxylation is 2. The van der Waals surface area contributed by atoms with E-state index in [1.54, 1.807) is 0 Å². The van der Waals surface area contributed by atoms with Crippen molar-refractivity contribution < 1.29 is 9.90 Å². The van der Waals surface area contributed by atoms with Crippen molar-refractivity contribution in [2.24, 2.45) is 0 Å². The van der Waals surface area contributed by atoms with Crippen LogP contribution in [-0.4, -0.2) is 29.1 Å². The van der Waals surface area contributed by atoms with Gasteiger partial charge in [0.15, 0.2) is 0 Å². The van der Waals surface area contributed by atoms with Gasteiger partial charge in [-0.15, -0.1) is 11.3 Å². The van der Waals surface area contributed by atoms with Crippen molar-refractivity contribution in [3.63, 3.8) is 0 Å².